The summed E-state index contributed by atoms with van der Waals surface area (Å²) in [7, 11) is 0. The van der Waals surface area contributed by atoms with Crippen molar-refractivity contribution >= 4 is 11.9 Å². The Morgan fingerprint density at radius 1 is 1.33 bits per heavy atom. The molecular weight excluding hydrogens is 270 g/mol. The number of nitrogens with one attached hydrogen (secondary N) is 1. The van der Waals surface area contributed by atoms with Gasteiger partial charge in [-0.1, -0.05) is 13.8 Å². The van der Waals surface area contributed by atoms with Gasteiger partial charge in [0, 0.05) is 12.6 Å². The zero-order valence-corrected chi connectivity index (χ0v) is 13.0. The van der Waals surface area contributed by atoms with Crippen LogP contribution in [0.2, 0.25) is 0 Å². The molecule has 1 rings (SSSR count). The van der Waals surface area contributed by atoms with E-state index in [1.54, 1.807) is 6.92 Å². The van der Waals surface area contributed by atoms with Crippen molar-refractivity contribution in [2.75, 3.05) is 19.6 Å². The number of aryl methyl sites for hydroxylation is 1. The number of aromatic carboxylic acids is 1. The number of carboxylic acids is 1. The zero-order valence-electron chi connectivity index (χ0n) is 13.0. The fourth-order valence-electron chi connectivity index (χ4n) is 2.13. The quantitative estimate of drug-likeness (QED) is 0.797. The molecule has 6 nitrogen and oxygen atoms in total. The Hall–Kier alpha value is -1.95. The Morgan fingerprint density at radius 3 is 2.43 bits per heavy atom. The summed E-state index contributed by atoms with van der Waals surface area (Å²) < 4.78 is 0. The molecular formula is C15H23N3O3. The van der Waals surface area contributed by atoms with Crippen LogP contribution in [0.5, 0.6) is 0 Å². The largest absolute Gasteiger partial charge is 0.478 e. The Labute approximate surface area is 125 Å². The maximum atomic E-state index is 12.1. The molecule has 21 heavy (non-hydrogen) atoms. The molecule has 0 aliphatic heterocycles. The van der Waals surface area contributed by atoms with Crippen molar-refractivity contribution in [1.82, 2.24) is 15.2 Å². The number of pyridine rings is 1. The van der Waals surface area contributed by atoms with Crippen molar-refractivity contribution in [2.45, 2.75) is 33.7 Å². The van der Waals surface area contributed by atoms with E-state index in [0.29, 0.717) is 5.69 Å². The standard InChI is InChI=1S/C15H23N3O3/c1-5-18(6-2)9-10(3)16-14(19)13-8-7-12(15(20)21)11(4)17-13/h7-8,10H,5-6,9H2,1-4H3,(H,16,19)(H,20,21). The van der Waals surface area contributed by atoms with E-state index in [2.05, 4.69) is 29.0 Å². The number of aromatic nitrogens is 1. The highest BCUT2D eigenvalue weighted by Crippen LogP contribution is 2.07. The Kier molecular flexibility index (Phi) is 6.30. The van der Waals surface area contributed by atoms with Crippen LogP contribution in [0.25, 0.3) is 0 Å². The van der Waals surface area contributed by atoms with Crippen LogP contribution in [-0.2, 0) is 0 Å². The van der Waals surface area contributed by atoms with E-state index >= 15 is 0 Å². The molecule has 0 saturated heterocycles. The lowest BCUT2D eigenvalue weighted by Crippen LogP contribution is -2.42. The van der Waals surface area contributed by atoms with Gasteiger partial charge in [-0.05, 0) is 39.1 Å². The highest BCUT2D eigenvalue weighted by Gasteiger charge is 2.15. The van der Waals surface area contributed by atoms with Gasteiger partial charge in [0.05, 0.1) is 11.3 Å². The number of hydrogen-bond donors (Lipinski definition) is 2. The normalized spacial score (nSPS) is 12.2. The molecule has 116 valence electrons. The van der Waals surface area contributed by atoms with Crippen LogP contribution in [0.1, 0.15) is 47.3 Å². The van der Waals surface area contributed by atoms with E-state index in [9.17, 15) is 9.59 Å². The molecule has 1 unspecified atom stereocenters. The summed E-state index contributed by atoms with van der Waals surface area (Å²) in [4.78, 5) is 29.3. The van der Waals surface area contributed by atoms with Crippen LogP contribution in [0.3, 0.4) is 0 Å². The monoisotopic (exact) mass is 293 g/mol. The first-order valence-corrected chi connectivity index (χ1v) is 7.13. The molecule has 1 atom stereocenters. The van der Waals surface area contributed by atoms with Crippen LogP contribution in [0.4, 0.5) is 0 Å². The van der Waals surface area contributed by atoms with Gasteiger partial charge in [0.25, 0.3) is 5.91 Å². The first kappa shape index (κ1) is 17.1. The second-order valence-corrected chi connectivity index (χ2v) is 4.99. The summed E-state index contributed by atoms with van der Waals surface area (Å²) in [5.74, 6) is -1.32. The minimum atomic E-state index is -1.04. The first-order valence-electron chi connectivity index (χ1n) is 7.13. The molecule has 0 spiro atoms. The number of carboxylic acid groups (broad SMARTS) is 1. The predicted octanol–water partition coefficient (Wildman–Crippen LogP) is 1.55. The molecule has 1 aromatic rings. The first-order chi connectivity index (χ1) is 9.88. The second kappa shape index (κ2) is 7.73. The maximum absolute atomic E-state index is 12.1. The summed E-state index contributed by atoms with van der Waals surface area (Å²) in [6, 6.07) is 2.85. The third kappa shape index (κ3) is 4.82. The number of carbonyl (C=O) groups excluding carboxylic acids is 1. The molecule has 0 aromatic carbocycles. The summed E-state index contributed by atoms with van der Waals surface area (Å²) in [6.07, 6.45) is 0. The highest BCUT2D eigenvalue weighted by molar-refractivity contribution is 5.94. The van der Waals surface area contributed by atoms with Crippen LogP contribution in [0, 0.1) is 6.92 Å². The summed E-state index contributed by atoms with van der Waals surface area (Å²) in [6.45, 7) is 10.3. The third-order valence-corrected chi connectivity index (χ3v) is 3.35. The molecule has 0 radical (unpaired) electrons. The molecule has 6 heteroatoms. The molecule has 2 N–H and O–H groups in total. The van der Waals surface area contributed by atoms with Crippen molar-refractivity contribution in [3.63, 3.8) is 0 Å². The van der Waals surface area contributed by atoms with Gasteiger partial charge in [-0.2, -0.15) is 0 Å². The smallest absolute Gasteiger partial charge is 0.337 e. The fraction of sp³-hybridized carbons (Fsp3) is 0.533. The highest BCUT2D eigenvalue weighted by atomic mass is 16.4. The van der Waals surface area contributed by atoms with Crippen molar-refractivity contribution in [2.24, 2.45) is 0 Å². The number of rotatable bonds is 7. The average Bonchev–Trinajstić information content (AvgIpc) is 2.44. The van der Waals surface area contributed by atoms with Crippen LogP contribution >= 0.6 is 0 Å². The minimum absolute atomic E-state index is 0.00124. The SMILES string of the molecule is CCN(CC)CC(C)NC(=O)c1ccc(C(=O)O)c(C)n1. The average molecular weight is 293 g/mol. The molecule has 1 aromatic heterocycles. The van der Waals surface area contributed by atoms with E-state index in [1.807, 2.05) is 6.92 Å². The molecule has 0 fully saturated rings. The lowest BCUT2D eigenvalue weighted by Gasteiger charge is -2.23. The third-order valence-electron chi connectivity index (χ3n) is 3.35. The van der Waals surface area contributed by atoms with Crippen molar-refractivity contribution in [1.29, 1.82) is 0 Å². The fourth-order valence-corrected chi connectivity index (χ4v) is 2.13. The molecule has 0 aliphatic carbocycles. The molecule has 0 aliphatic rings. The Balaban J connectivity index is 2.71. The van der Waals surface area contributed by atoms with Gasteiger partial charge in [0.2, 0.25) is 0 Å². The van der Waals surface area contributed by atoms with Crippen molar-refractivity contribution in [3.05, 3.63) is 29.1 Å². The lowest BCUT2D eigenvalue weighted by atomic mass is 10.2. The van der Waals surface area contributed by atoms with Gasteiger partial charge in [0.15, 0.2) is 0 Å². The van der Waals surface area contributed by atoms with E-state index in [0.717, 1.165) is 19.6 Å². The van der Waals surface area contributed by atoms with Gasteiger partial charge in [-0.15, -0.1) is 0 Å². The Morgan fingerprint density at radius 2 is 1.95 bits per heavy atom. The maximum Gasteiger partial charge on any atom is 0.337 e. The van der Waals surface area contributed by atoms with E-state index < -0.39 is 5.97 Å². The van der Waals surface area contributed by atoms with Crippen LogP contribution < -0.4 is 5.32 Å². The number of carbonyl (C=O) groups is 2. The molecule has 0 saturated carbocycles. The van der Waals surface area contributed by atoms with Crippen molar-refractivity contribution < 1.29 is 14.7 Å². The van der Waals surface area contributed by atoms with Gasteiger partial charge in [0.1, 0.15) is 5.69 Å². The van der Waals surface area contributed by atoms with E-state index in [1.165, 1.54) is 12.1 Å². The summed E-state index contributed by atoms with van der Waals surface area (Å²) in [5, 5.41) is 11.8. The van der Waals surface area contributed by atoms with E-state index in [4.69, 9.17) is 5.11 Å². The number of nitrogens with zero attached hydrogens (tertiary/aromatic N) is 2. The Bertz CT molecular complexity index is 513. The molecule has 0 bridgehead atoms. The van der Waals surface area contributed by atoms with E-state index in [-0.39, 0.29) is 23.2 Å². The number of amides is 1. The summed E-state index contributed by atoms with van der Waals surface area (Å²) in [5.41, 5.74) is 0.693. The second-order valence-electron chi connectivity index (χ2n) is 4.99. The van der Waals surface area contributed by atoms with Gasteiger partial charge in [-0.3, -0.25) is 4.79 Å². The molecule has 1 heterocycles. The predicted molar refractivity (Wildman–Crippen MR) is 80.6 cm³/mol. The molecule has 1 amide bonds. The van der Waals surface area contributed by atoms with Gasteiger partial charge in [-0.25, -0.2) is 9.78 Å². The van der Waals surface area contributed by atoms with Gasteiger partial charge >= 0.3 is 5.97 Å². The minimum Gasteiger partial charge on any atom is -0.478 e. The summed E-state index contributed by atoms with van der Waals surface area (Å²) >= 11 is 0. The lowest BCUT2D eigenvalue weighted by molar-refractivity contribution is 0.0694. The van der Waals surface area contributed by atoms with Crippen molar-refractivity contribution in [3.8, 4) is 0 Å². The number of hydrogen-bond acceptors (Lipinski definition) is 4. The zero-order chi connectivity index (χ0) is 16.0. The van der Waals surface area contributed by atoms with Crippen LogP contribution in [-0.4, -0.2) is 52.5 Å². The van der Waals surface area contributed by atoms with Gasteiger partial charge < -0.3 is 15.3 Å². The van der Waals surface area contributed by atoms with Crippen LogP contribution in [0.15, 0.2) is 12.1 Å². The number of likely N-dealkylation sites (N-methyl/N-ethyl adjacent to an activating group) is 1. The topological polar surface area (TPSA) is 82.5 Å².